The molecule has 3 heterocycles. The highest BCUT2D eigenvalue weighted by molar-refractivity contribution is 8.00. The van der Waals surface area contributed by atoms with E-state index in [1.54, 1.807) is 11.3 Å². The summed E-state index contributed by atoms with van der Waals surface area (Å²) in [6.45, 7) is -0.0895. The molecule has 0 radical (unpaired) electrons. The highest BCUT2D eigenvalue weighted by Crippen LogP contribution is 2.53. The number of thioether (sulfide) groups is 1. The Hall–Kier alpha value is -1.41. The van der Waals surface area contributed by atoms with E-state index in [1.165, 1.54) is 11.8 Å². The lowest BCUT2D eigenvalue weighted by molar-refractivity contribution is -0.155. The fourth-order valence-corrected chi connectivity index (χ4v) is 6.82. The van der Waals surface area contributed by atoms with E-state index in [0.717, 1.165) is 26.4 Å². The van der Waals surface area contributed by atoms with Crippen molar-refractivity contribution in [2.24, 2.45) is 0 Å². The van der Waals surface area contributed by atoms with Gasteiger partial charge in [0.05, 0.1) is 24.6 Å². The molecule has 2 unspecified atom stereocenters. The Morgan fingerprint density at radius 1 is 1.10 bits per heavy atom. The second-order valence-corrected chi connectivity index (χ2v) is 10.1. The molecule has 0 saturated carbocycles. The van der Waals surface area contributed by atoms with Crippen LogP contribution in [0.4, 0.5) is 0 Å². The van der Waals surface area contributed by atoms with Gasteiger partial charge < -0.3 is 30.3 Å². The van der Waals surface area contributed by atoms with Crippen LogP contribution in [0.15, 0.2) is 30.3 Å². The third kappa shape index (κ3) is 3.93. The van der Waals surface area contributed by atoms with Gasteiger partial charge in [-0.25, -0.2) is 0 Å². The molecule has 0 aliphatic carbocycles. The molecule has 5 N–H and O–H groups in total. The molecule has 1 fully saturated rings. The van der Waals surface area contributed by atoms with Crippen LogP contribution in [0.1, 0.15) is 26.4 Å². The lowest BCUT2D eigenvalue weighted by atomic mass is 9.92. The molecule has 6 nitrogen and oxygen atoms in total. The minimum Gasteiger partial charge on any atom is -0.395 e. The molecule has 1 spiro atoms. The normalized spacial score (nSPS) is 30.6. The molecular formula is C22H24O6S2. The largest absolute Gasteiger partial charge is 0.395 e. The Labute approximate surface area is 183 Å². The van der Waals surface area contributed by atoms with Gasteiger partial charge in [-0.1, -0.05) is 24.0 Å². The molecule has 1 aromatic carbocycles. The zero-order valence-corrected chi connectivity index (χ0v) is 17.8. The van der Waals surface area contributed by atoms with Crippen molar-refractivity contribution in [2.45, 2.75) is 41.3 Å². The summed E-state index contributed by atoms with van der Waals surface area (Å²) >= 11 is 2.84. The number of fused-ring (bicyclic) bond motifs is 2. The lowest BCUT2D eigenvalue weighted by Gasteiger charge is -2.49. The molecule has 5 atom stereocenters. The standard InChI is InChI=1S/C22H24O6S2/c23-8-1-2-13-3-5-14(6-4-13)10-15-11-16-17(29-15)7-9-28-22(16)21(27)20(26)19(25)18(12-24)30-22/h3-6,11,18-21,23-27H,7-10,12H2/t18?,19-,20?,21-,22+/m1/s1. The molecule has 1 saturated heterocycles. The monoisotopic (exact) mass is 448 g/mol. The number of thiophene rings is 1. The topological polar surface area (TPSA) is 110 Å². The molecule has 8 heteroatoms. The van der Waals surface area contributed by atoms with Crippen LogP contribution in [0.2, 0.25) is 0 Å². The Bertz CT molecular complexity index is 945. The number of hydrogen-bond donors (Lipinski definition) is 5. The predicted octanol–water partition coefficient (Wildman–Crippen LogP) is 0.599. The van der Waals surface area contributed by atoms with Crippen molar-refractivity contribution in [3.05, 3.63) is 56.8 Å². The molecule has 2 aromatic rings. The Morgan fingerprint density at radius 2 is 1.87 bits per heavy atom. The summed E-state index contributed by atoms with van der Waals surface area (Å²) in [7, 11) is 0. The van der Waals surface area contributed by atoms with Gasteiger partial charge in [0.15, 0.2) is 4.93 Å². The van der Waals surface area contributed by atoms with Crippen LogP contribution in [0, 0.1) is 11.8 Å². The van der Waals surface area contributed by atoms with Gasteiger partial charge in [-0.05, 0) is 23.8 Å². The van der Waals surface area contributed by atoms with Crippen LogP contribution in [0.3, 0.4) is 0 Å². The summed E-state index contributed by atoms with van der Waals surface area (Å²) in [5.41, 5.74) is 2.77. The highest BCUT2D eigenvalue weighted by atomic mass is 32.2. The Kier molecular flexibility index (Phi) is 6.53. The van der Waals surface area contributed by atoms with E-state index in [9.17, 15) is 20.4 Å². The molecule has 30 heavy (non-hydrogen) atoms. The van der Waals surface area contributed by atoms with Crippen molar-refractivity contribution in [1.29, 1.82) is 0 Å². The summed E-state index contributed by atoms with van der Waals surface area (Å²) < 4.78 is 6.01. The zero-order chi connectivity index (χ0) is 21.3. The van der Waals surface area contributed by atoms with Crippen molar-refractivity contribution in [3.63, 3.8) is 0 Å². The van der Waals surface area contributed by atoms with Gasteiger partial charge in [0, 0.05) is 33.7 Å². The van der Waals surface area contributed by atoms with Crippen LogP contribution in [0.25, 0.3) is 0 Å². The van der Waals surface area contributed by atoms with E-state index in [2.05, 4.69) is 11.8 Å². The number of aliphatic hydroxyl groups excluding tert-OH is 5. The van der Waals surface area contributed by atoms with Gasteiger partial charge in [-0.3, -0.25) is 0 Å². The number of ether oxygens (including phenoxy) is 1. The zero-order valence-electron chi connectivity index (χ0n) is 16.2. The van der Waals surface area contributed by atoms with Gasteiger partial charge >= 0.3 is 0 Å². The van der Waals surface area contributed by atoms with E-state index in [1.807, 2.05) is 30.3 Å². The van der Waals surface area contributed by atoms with Gasteiger partial charge in [-0.15, -0.1) is 23.1 Å². The smallest absolute Gasteiger partial charge is 0.169 e. The summed E-state index contributed by atoms with van der Waals surface area (Å²) in [5, 5.41) is 49.2. The van der Waals surface area contributed by atoms with Crippen LogP contribution in [-0.4, -0.2) is 68.9 Å². The minimum absolute atomic E-state index is 0.168. The van der Waals surface area contributed by atoms with Crippen molar-refractivity contribution in [2.75, 3.05) is 19.8 Å². The number of rotatable bonds is 3. The van der Waals surface area contributed by atoms with Crippen molar-refractivity contribution in [1.82, 2.24) is 0 Å². The molecule has 0 amide bonds. The van der Waals surface area contributed by atoms with E-state index in [-0.39, 0.29) is 13.2 Å². The average molecular weight is 449 g/mol. The SMILES string of the molecule is OCC#Cc1ccc(Cc2cc3c(s2)CCO[C@]32SC(CO)[C@@H](O)C(O)[C@H]2O)cc1. The van der Waals surface area contributed by atoms with Gasteiger partial charge in [0.25, 0.3) is 0 Å². The van der Waals surface area contributed by atoms with Crippen LogP contribution < -0.4 is 0 Å². The van der Waals surface area contributed by atoms with Crippen LogP contribution in [0.5, 0.6) is 0 Å². The maximum Gasteiger partial charge on any atom is 0.169 e. The minimum atomic E-state index is -1.40. The van der Waals surface area contributed by atoms with Gasteiger partial charge in [0.1, 0.15) is 18.8 Å². The Balaban J connectivity index is 1.61. The van der Waals surface area contributed by atoms with Crippen molar-refractivity contribution in [3.8, 4) is 11.8 Å². The van der Waals surface area contributed by atoms with Gasteiger partial charge in [-0.2, -0.15) is 0 Å². The number of aliphatic hydroxyl groups is 5. The quantitative estimate of drug-likeness (QED) is 0.438. The molecule has 4 rings (SSSR count). The first-order valence-corrected chi connectivity index (χ1v) is 11.5. The summed E-state index contributed by atoms with van der Waals surface area (Å²) in [5.74, 6) is 5.51. The summed E-state index contributed by atoms with van der Waals surface area (Å²) in [6.07, 6.45) is -2.50. The molecule has 1 aromatic heterocycles. The Morgan fingerprint density at radius 3 is 2.57 bits per heavy atom. The van der Waals surface area contributed by atoms with Crippen molar-refractivity contribution < 1.29 is 30.3 Å². The predicted molar refractivity (Wildman–Crippen MR) is 115 cm³/mol. The molecular weight excluding hydrogens is 424 g/mol. The molecule has 2 aliphatic rings. The number of benzene rings is 1. The first-order chi connectivity index (χ1) is 14.5. The van der Waals surface area contributed by atoms with E-state index in [0.29, 0.717) is 19.4 Å². The first-order valence-electron chi connectivity index (χ1n) is 9.76. The number of hydrogen-bond acceptors (Lipinski definition) is 8. The second kappa shape index (κ2) is 8.99. The lowest BCUT2D eigenvalue weighted by Crippen LogP contribution is -2.60. The fourth-order valence-electron chi connectivity index (χ4n) is 3.96. The first kappa shape index (κ1) is 21.8. The third-order valence-corrected chi connectivity index (χ3v) is 8.33. The molecule has 2 aliphatic heterocycles. The summed E-state index contributed by atoms with van der Waals surface area (Å²) in [4.78, 5) is 1.000. The van der Waals surface area contributed by atoms with E-state index in [4.69, 9.17) is 9.84 Å². The van der Waals surface area contributed by atoms with Crippen LogP contribution >= 0.6 is 23.1 Å². The van der Waals surface area contributed by atoms with E-state index < -0.39 is 28.5 Å². The van der Waals surface area contributed by atoms with Gasteiger partial charge in [0.2, 0.25) is 0 Å². The molecule has 0 bridgehead atoms. The highest BCUT2D eigenvalue weighted by Gasteiger charge is 2.56. The average Bonchev–Trinajstić information content (AvgIpc) is 3.18. The van der Waals surface area contributed by atoms with Crippen LogP contribution in [-0.2, 0) is 22.5 Å². The maximum absolute atomic E-state index is 10.8. The third-order valence-electron chi connectivity index (χ3n) is 5.48. The second-order valence-electron chi connectivity index (χ2n) is 7.41. The molecule has 160 valence electrons. The van der Waals surface area contributed by atoms with E-state index >= 15 is 0 Å². The maximum atomic E-state index is 10.8. The van der Waals surface area contributed by atoms with Crippen molar-refractivity contribution >= 4 is 23.1 Å². The summed E-state index contributed by atoms with van der Waals surface area (Å²) in [6, 6.07) is 9.84. The fraction of sp³-hybridized carbons (Fsp3) is 0.455.